The number of esters is 1. The molecule has 0 fully saturated rings. The third-order valence-electron chi connectivity index (χ3n) is 2.10. The molecule has 14 heavy (non-hydrogen) atoms. The first-order valence-electron chi connectivity index (χ1n) is 4.38. The molecule has 76 valence electrons. The van der Waals surface area contributed by atoms with E-state index in [4.69, 9.17) is 0 Å². The highest BCUT2D eigenvalue weighted by Gasteiger charge is 2.06. The molecular weight excluding hydrogens is 182 g/mol. The zero-order chi connectivity index (χ0) is 10.6. The van der Waals surface area contributed by atoms with Crippen molar-refractivity contribution in [3.63, 3.8) is 0 Å². The van der Waals surface area contributed by atoms with Gasteiger partial charge in [0.25, 0.3) is 0 Å². The van der Waals surface area contributed by atoms with E-state index in [-0.39, 0.29) is 5.97 Å². The lowest BCUT2D eigenvalue weighted by atomic mass is 10.1. The Morgan fingerprint density at radius 1 is 1.64 bits per heavy atom. The summed E-state index contributed by atoms with van der Waals surface area (Å²) in [4.78, 5) is 24.2. The van der Waals surface area contributed by atoms with Crippen molar-refractivity contribution < 1.29 is 14.3 Å². The van der Waals surface area contributed by atoms with Crippen LogP contribution in [-0.4, -0.2) is 24.3 Å². The second kappa shape index (κ2) is 4.60. The third kappa shape index (κ3) is 2.45. The number of aromatic nitrogens is 1. The monoisotopic (exact) mass is 195 g/mol. The molecule has 1 N–H and O–H groups in total. The van der Waals surface area contributed by atoms with Crippen LogP contribution in [0.2, 0.25) is 0 Å². The van der Waals surface area contributed by atoms with Crippen LogP contribution in [0.4, 0.5) is 0 Å². The van der Waals surface area contributed by atoms with Crippen LogP contribution < -0.4 is 0 Å². The summed E-state index contributed by atoms with van der Waals surface area (Å²) in [7, 11) is 1.36. The summed E-state index contributed by atoms with van der Waals surface area (Å²) in [5.41, 5.74) is 2.45. The fraction of sp³-hybridized carbons (Fsp3) is 0.400. The number of aryl methyl sites for hydroxylation is 2. The molecule has 1 rings (SSSR count). The van der Waals surface area contributed by atoms with Crippen LogP contribution in [0.3, 0.4) is 0 Å². The first kappa shape index (κ1) is 10.5. The van der Waals surface area contributed by atoms with Crippen molar-refractivity contribution in [2.45, 2.75) is 19.8 Å². The Bertz CT molecular complexity index is 341. The fourth-order valence-corrected chi connectivity index (χ4v) is 1.29. The SMILES string of the molecule is COC(=O)CCc1cc(C=O)[nH]c1C. The Labute approximate surface area is 82.3 Å². The van der Waals surface area contributed by atoms with Crippen molar-refractivity contribution in [2.75, 3.05) is 7.11 Å². The van der Waals surface area contributed by atoms with E-state index >= 15 is 0 Å². The van der Waals surface area contributed by atoms with E-state index in [1.54, 1.807) is 6.07 Å². The van der Waals surface area contributed by atoms with Crippen LogP contribution in [-0.2, 0) is 16.0 Å². The number of nitrogens with one attached hydrogen (secondary N) is 1. The molecule has 1 heterocycles. The summed E-state index contributed by atoms with van der Waals surface area (Å²) in [6, 6.07) is 1.76. The zero-order valence-corrected chi connectivity index (χ0v) is 8.29. The van der Waals surface area contributed by atoms with E-state index in [9.17, 15) is 9.59 Å². The largest absolute Gasteiger partial charge is 0.469 e. The van der Waals surface area contributed by atoms with Gasteiger partial charge in [-0.25, -0.2) is 0 Å². The topological polar surface area (TPSA) is 59.2 Å². The van der Waals surface area contributed by atoms with Gasteiger partial charge in [0.1, 0.15) is 0 Å². The summed E-state index contributed by atoms with van der Waals surface area (Å²) in [6.45, 7) is 1.87. The van der Waals surface area contributed by atoms with Crippen molar-refractivity contribution in [3.8, 4) is 0 Å². The molecule has 0 aliphatic heterocycles. The van der Waals surface area contributed by atoms with Crippen LogP contribution >= 0.6 is 0 Å². The van der Waals surface area contributed by atoms with Crippen molar-refractivity contribution in [1.82, 2.24) is 4.98 Å². The van der Waals surface area contributed by atoms with Gasteiger partial charge in [0, 0.05) is 12.1 Å². The number of carbonyl (C=O) groups excluding carboxylic acids is 2. The fourth-order valence-electron chi connectivity index (χ4n) is 1.29. The molecule has 0 spiro atoms. The predicted octanol–water partition coefficient (Wildman–Crippen LogP) is 1.24. The van der Waals surface area contributed by atoms with Crippen molar-refractivity contribution in [2.24, 2.45) is 0 Å². The Morgan fingerprint density at radius 2 is 2.36 bits per heavy atom. The van der Waals surface area contributed by atoms with E-state index in [0.717, 1.165) is 17.5 Å². The highest BCUT2D eigenvalue weighted by Crippen LogP contribution is 2.11. The number of carbonyl (C=O) groups is 2. The highest BCUT2D eigenvalue weighted by atomic mass is 16.5. The normalized spacial score (nSPS) is 9.86. The van der Waals surface area contributed by atoms with E-state index in [2.05, 4.69) is 9.72 Å². The first-order valence-corrected chi connectivity index (χ1v) is 4.38. The van der Waals surface area contributed by atoms with Gasteiger partial charge in [-0.2, -0.15) is 0 Å². The number of H-pyrrole nitrogens is 1. The lowest BCUT2D eigenvalue weighted by molar-refractivity contribution is -0.140. The lowest BCUT2D eigenvalue weighted by Crippen LogP contribution is -2.01. The van der Waals surface area contributed by atoms with Crippen LogP contribution in [0.1, 0.15) is 28.2 Å². The molecule has 0 amide bonds. The minimum atomic E-state index is -0.238. The number of hydrogen-bond donors (Lipinski definition) is 1. The number of hydrogen-bond acceptors (Lipinski definition) is 3. The second-order valence-corrected chi connectivity index (χ2v) is 3.07. The molecule has 0 aliphatic carbocycles. The Kier molecular flexibility index (Phi) is 3.45. The molecule has 0 bridgehead atoms. The van der Waals surface area contributed by atoms with Crippen molar-refractivity contribution in [3.05, 3.63) is 23.0 Å². The molecule has 0 saturated carbocycles. The van der Waals surface area contributed by atoms with Crippen LogP contribution in [0, 0.1) is 6.92 Å². The van der Waals surface area contributed by atoms with Crippen molar-refractivity contribution in [1.29, 1.82) is 0 Å². The molecule has 0 saturated heterocycles. The number of aromatic amines is 1. The minimum absolute atomic E-state index is 0.238. The van der Waals surface area contributed by atoms with Crippen molar-refractivity contribution >= 4 is 12.3 Å². The number of rotatable bonds is 4. The minimum Gasteiger partial charge on any atom is -0.469 e. The number of ether oxygens (including phenoxy) is 1. The molecule has 0 atom stereocenters. The van der Waals surface area contributed by atoms with Gasteiger partial charge in [0.2, 0.25) is 0 Å². The van der Waals surface area contributed by atoms with E-state index < -0.39 is 0 Å². The molecular formula is C10H13NO3. The summed E-state index contributed by atoms with van der Waals surface area (Å²) < 4.78 is 4.53. The molecule has 0 aromatic carbocycles. The maximum Gasteiger partial charge on any atom is 0.305 e. The molecule has 0 radical (unpaired) electrons. The van der Waals surface area contributed by atoms with Gasteiger partial charge in [-0.1, -0.05) is 0 Å². The molecule has 0 unspecified atom stereocenters. The van der Waals surface area contributed by atoms with E-state index in [1.807, 2.05) is 6.92 Å². The van der Waals surface area contributed by atoms with Gasteiger partial charge in [-0.05, 0) is 25.0 Å². The summed E-state index contributed by atoms with van der Waals surface area (Å²) in [5, 5.41) is 0. The number of methoxy groups -OCH3 is 1. The first-order chi connectivity index (χ1) is 6.67. The van der Waals surface area contributed by atoms with Crippen LogP contribution in [0.15, 0.2) is 6.07 Å². The highest BCUT2D eigenvalue weighted by molar-refractivity contribution is 5.73. The van der Waals surface area contributed by atoms with Gasteiger partial charge in [-0.3, -0.25) is 9.59 Å². The second-order valence-electron chi connectivity index (χ2n) is 3.07. The van der Waals surface area contributed by atoms with Gasteiger partial charge in [0.15, 0.2) is 6.29 Å². The summed E-state index contributed by atoms with van der Waals surface area (Å²) in [6.07, 6.45) is 1.70. The third-order valence-corrected chi connectivity index (χ3v) is 2.10. The average Bonchev–Trinajstić information content (AvgIpc) is 2.55. The predicted molar refractivity (Wildman–Crippen MR) is 51.3 cm³/mol. The maximum absolute atomic E-state index is 10.9. The molecule has 1 aromatic heterocycles. The quantitative estimate of drug-likeness (QED) is 0.581. The van der Waals surface area contributed by atoms with Crippen LogP contribution in [0.5, 0.6) is 0 Å². The lowest BCUT2D eigenvalue weighted by Gasteiger charge is -1.98. The van der Waals surface area contributed by atoms with Gasteiger partial charge in [-0.15, -0.1) is 0 Å². The maximum atomic E-state index is 10.9. The summed E-state index contributed by atoms with van der Waals surface area (Å²) in [5.74, 6) is -0.238. The number of aldehydes is 1. The van der Waals surface area contributed by atoms with E-state index in [0.29, 0.717) is 18.5 Å². The van der Waals surface area contributed by atoms with Gasteiger partial charge < -0.3 is 9.72 Å². The average molecular weight is 195 g/mol. The van der Waals surface area contributed by atoms with Gasteiger partial charge >= 0.3 is 5.97 Å². The standard InChI is InChI=1S/C10H13NO3/c1-7-8(3-4-10(13)14-2)5-9(6-12)11-7/h5-6,11H,3-4H2,1-2H3. The molecule has 0 aliphatic rings. The Morgan fingerprint density at radius 3 is 2.86 bits per heavy atom. The smallest absolute Gasteiger partial charge is 0.305 e. The summed E-state index contributed by atoms with van der Waals surface area (Å²) >= 11 is 0. The molecule has 4 heteroatoms. The Hall–Kier alpha value is -1.58. The zero-order valence-electron chi connectivity index (χ0n) is 8.29. The molecule has 1 aromatic rings. The van der Waals surface area contributed by atoms with Gasteiger partial charge in [0.05, 0.1) is 12.8 Å². The molecule has 4 nitrogen and oxygen atoms in total. The van der Waals surface area contributed by atoms with E-state index in [1.165, 1.54) is 7.11 Å². The van der Waals surface area contributed by atoms with Crippen LogP contribution in [0.25, 0.3) is 0 Å². The Balaban J connectivity index is 2.62.